The van der Waals surface area contributed by atoms with Crippen molar-refractivity contribution in [1.82, 2.24) is 15.3 Å². The number of alkyl halides is 3. The van der Waals surface area contributed by atoms with Crippen LogP contribution in [0.1, 0.15) is 31.2 Å². The summed E-state index contributed by atoms with van der Waals surface area (Å²) in [5.41, 5.74) is 1.04. The normalized spacial score (nSPS) is 18.1. The van der Waals surface area contributed by atoms with Crippen molar-refractivity contribution in [3.63, 3.8) is 0 Å². The van der Waals surface area contributed by atoms with Gasteiger partial charge in [0.2, 0.25) is 11.9 Å². The number of nitrogens with zero attached hydrogens (tertiary/aromatic N) is 3. The van der Waals surface area contributed by atoms with E-state index >= 15 is 0 Å². The van der Waals surface area contributed by atoms with Gasteiger partial charge < -0.3 is 20.3 Å². The first kappa shape index (κ1) is 26.0. The van der Waals surface area contributed by atoms with Gasteiger partial charge in [0.05, 0.1) is 11.9 Å². The van der Waals surface area contributed by atoms with Crippen LogP contribution in [0.5, 0.6) is 5.75 Å². The lowest BCUT2D eigenvalue weighted by molar-refractivity contribution is -0.274. The Kier molecular flexibility index (Phi) is 7.87. The van der Waals surface area contributed by atoms with Crippen LogP contribution in [-0.2, 0) is 11.2 Å². The van der Waals surface area contributed by atoms with Gasteiger partial charge in [-0.25, -0.2) is 4.98 Å². The number of fused-ring (bicyclic) bond motifs is 1. The number of halogens is 4. The van der Waals surface area contributed by atoms with Gasteiger partial charge in [-0.1, -0.05) is 34.1 Å². The quantitative estimate of drug-likeness (QED) is 0.397. The molecular formula is C25H27BrF3N5O2. The van der Waals surface area contributed by atoms with Gasteiger partial charge >= 0.3 is 6.36 Å². The van der Waals surface area contributed by atoms with Crippen molar-refractivity contribution in [1.29, 1.82) is 0 Å². The van der Waals surface area contributed by atoms with Crippen LogP contribution < -0.4 is 20.3 Å². The SMILES string of the molecule is CN(C)c1nc(NC2CCC(NC(=O)Cc3ccc(Br)cc3OC(F)(F)F)CC2)nc2ccccc12. The zero-order valence-corrected chi connectivity index (χ0v) is 21.5. The first-order valence-corrected chi connectivity index (χ1v) is 12.4. The van der Waals surface area contributed by atoms with Crippen molar-refractivity contribution >= 4 is 44.5 Å². The molecule has 0 aliphatic heterocycles. The molecule has 4 rings (SSSR count). The summed E-state index contributed by atoms with van der Waals surface area (Å²) in [4.78, 5) is 23.9. The minimum Gasteiger partial charge on any atom is -0.405 e. The molecule has 1 fully saturated rings. The summed E-state index contributed by atoms with van der Waals surface area (Å²) in [6, 6.07) is 12.2. The van der Waals surface area contributed by atoms with Crippen LogP contribution in [0.15, 0.2) is 46.9 Å². The summed E-state index contributed by atoms with van der Waals surface area (Å²) >= 11 is 3.14. The highest BCUT2D eigenvalue weighted by Gasteiger charge is 2.32. The van der Waals surface area contributed by atoms with Crippen molar-refractivity contribution in [2.24, 2.45) is 0 Å². The van der Waals surface area contributed by atoms with E-state index < -0.39 is 6.36 Å². The molecule has 0 unspecified atom stereocenters. The maximum absolute atomic E-state index is 12.7. The number of anilines is 2. The number of benzene rings is 2. The molecule has 1 heterocycles. The molecule has 36 heavy (non-hydrogen) atoms. The average molecular weight is 566 g/mol. The molecule has 0 bridgehead atoms. The summed E-state index contributed by atoms with van der Waals surface area (Å²) in [6.07, 6.45) is -1.94. The molecule has 2 aromatic carbocycles. The number of ether oxygens (including phenoxy) is 1. The van der Waals surface area contributed by atoms with Crippen LogP contribution in [-0.4, -0.2) is 48.4 Å². The van der Waals surface area contributed by atoms with Crippen molar-refractivity contribution in [3.8, 4) is 5.75 Å². The van der Waals surface area contributed by atoms with E-state index in [1.54, 1.807) is 6.07 Å². The molecule has 3 aromatic rings. The lowest BCUT2D eigenvalue weighted by atomic mass is 9.91. The fourth-order valence-corrected chi connectivity index (χ4v) is 4.72. The van der Waals surface area contributed by atoms with E-state index in [0.717, 1.165) is 42.4 Å². The van der Waals surface area contributed by atoms with E-state index in [1.807, 2.05) is 43.3 Å². The third kappa shape index (κ3) is 6.77. The molecule has 7 nitrogen and oxygen atoms in total. The van der Waals surface area contributed by atoms with E-state index in [4.69, 9.17) is 0 Å². The molecule has 2 N–H and O–H groups in total. The number of rotatable bonds is 7. The van der Waals surface area contributed by atoms with Gasteiger partial charge in [-0.05, 0) is 49.9 Å². The molecule has 1 aliphatic rings. The smallest absolute Gasteiger partial charge is 0.405 e. The van der Waals surface area contributed by atoms with E-state index in [2.05, 4.69) is 41.3 Å². The fraction of sp³-hybridized carbons (Fsp3) is 0.400. The van der Waals surface area contributed by atoms with Crippen LogP contribution in [0.3, 0.4) is 0 Å². The number of para-hydroxylation sites is 1. The maximum Gasteiger partial charge on any atom is 0.573 e. The highest BCUT2D eigenvalue weighted by molar-refractivity contribution is 9.10. The second-order valence-corrected chi connectivity index (χ2v) is 9.94. The van der Waals surface area contributed by atoms with Crippen molar-refractivity contribution in [3.05, 3.63) is 52.5 Å². The zero-order chi connectivity index (χ0) is 25.9. The molecular weight excluding hydrogens is 539 g/mol. The number of carbonyl (C=O) groups excluding carboxylic acids is 1. The molecule has 1 saturated carbocycles. The van der Waals surface area contributed by atoms with Gasteiger partial charge in [0, 0.05) is 41.6 Å². The molecule has 0 saturated heterocycles. The van der Waals surface area contributed by atoms with Crippen LogP contribution >= 0.6 is 15.9 Å². The Balaban J connectivity index is 1.33. The highest BCUT2D eigenvalue weighted by atomic mass is 79.9. The van der Waals surface area contributed by atoms with Crippen LogP contribution in [0.25, 0.3) is 10.9 Å². The van der Waals surface area contributed by atoms with Crippen molar-refractivity contribution < 1.29 is 22.7 Å². The third-order valence-corrected chi connectivity index (χ3v) is 6.53. The van der Waals surface area contributed by atoms with Crippen LogP contribution in [0.4, 0.5) is 24.9 Å². The number of hydrogen-bond acceptors (Lipinski definition) is 6. The average Bonchev–Trinajstić information content (AvgIpc) is 2.80. The van der Waals surface area contributed by atoms with Crippen LogP contribution in [0, 0.1) is 0 Å². The van der Waals surface area contributed by atoms with Gasteiger partial charge in [-0.2, -0.15) is 4.98 Å². The van der Waals surface area contributed by atoms with E-state index in [1.165, 1.54) is 12.1 Å². The molecule has 11 heteroatoms. The summed E-state index contributed by atoms with van der Waals surface area (Å²) in [6.45, 7) is 0. The standard InChI is InChI=1S/C25H27BrF3N5O2/c1-34(2)23-19-5-3-4-6-20(19)32-24(33-23)31-18-11-9-17(10-12-18)30-22(35)13-15-7-8-16(26)14-21(15)36-25(27,28)29/h3-8,14,17-18H,9-13H2,1-2H3,(H,30,35)(H,31,32,33). The van der Waals surface area contributed by atoms with Crippen molar-refractivity contribution in [2.45, 2.75) is 50.6 Å². The third-order valence-electron chi connectivity index (χ3n) is 6.04. The Morgan fingerprint density at radius 1 is 1.08 bits per heavy atom. The van der Waals surface area contributed by atoms with Gasteiger partial charge in [0.25, 0.3) is 0 Å². The van der Waals surface area contributed by atoms with E-state index in [9.17, 15) is 18.0 Å². The lowest BCUT2D eigenvalue weighted by Gasteiger charge is -2.30. The Labute approximate surface area is 215 Å². The predicted octanol–water partition coefficient (Wildman–Crippen LogP) is 5.44. The number of nitrogens with one attached hydrogen (secondary N) is 2. The summed E-state index contributed by atoms with van der Waals surface area (Å²) < 4.78 is 42.7. The molecule has 0 atom stereocenters. The fourth-order valence-electron chi connectivity index (χ4n) is 4.38. The van der Waals surface area contributed by atoms with Gasteiger partial charge in [-0.3, -0.25) is 4.79 Å². The summed E-state index contributed by atoms with van der Waals surface area (Å²) in [7, 11) is 3.89. The summed E-state index contributed by atoms with van der Waals surface area (Å²) in [5.74, 6) is 0.685. The first-order chi connectivity index (χ1) is 17.1. The number of aromatic nitrogens is 2. The molecule has 192 valence electrons. The molecule has 1 amide bonds. The molecule has 0 radical (unpaired) electrons. The Morgan fingerprint density at radius 3 is 2.47 bits per heavy atom. The number of hydrogen-bond donors (Lipinski definition) is 2. The maximum atomic E-state index is 12.7. The number of carbonyl (C=O) groups is 1. The first-order valence-electron chi connectivity index (χ1n) is 11.6. The zero-order valence-electron chi connectivity index (χ0n) is 19.9. The summed E-state index contributed by atoms with van der Waals surface area (Å²) in [5, 5.41) is 7.36. The topological polar surface area (TPSA) is 79.4 Å². The minimum absolute atomic E-state index is 0.0483. The molecule has 1 aliphatic carbocycles. The lowest BCUT2D eigenvalue weighted by Crippen LogP contribution is -2.41. The van der Waals surface area contributed by atoms with Gasteiger partial charge in [0.15, 0.2) is 0 Å². The largest absolute Gasteiger partial charge is 0.573 e. The monoisotopic (exact) mass is 565 g/mol. The Hall–Kier alpha value is -3.08. The minimum atomic E-state index is -4.83. The van der Waals surface area contributed by atoms with Crippen LogP contribution in [0.2, 0.25) is 0 Å². The highest BCUT2D eigenvalue weighted by Crippen LogP contribution is 2.30. The molecule has 1 aromatic heterocycles. The second-order valence-electron chi connectivity index (χ2n) is 9.02. The van der Waals surface area contributed by atoms with E-state index in [0.29, 0.717) is 10.4 Å². The van der Waals surface area contributed by atoms with E-state index in [-0.39, 0.29) is 35.7 Å². The molecule has 0 spiro atoms. The van der Waals surface area contributed by atoms with Gasteiger partial charge in [-0.15, -0.1) is 13.2 Å². The van der Waals surface area contributed by atoms with Crippen molar-refractivity contribution in [2.75, 3.05) is 24.3 Å². The number of amides is 1. The Morgan fingerprint density at radius 2 is 1.78 bits per heavy atom. The Bertz CT molecular complexity index is 1230. The second kappa shape index (κ2) is 10.9. The van der Waals surface area contributed by atoms with Gasteiger partial charge in [0.1, 0.15) is 11.6 Å². The predicted molar refractivity (Wildman–Crippen MR) is 136 cm³/mol.